The van der Waals surface area contributed by atoms with Gasteiger partial charge in [-0.3, -0.25) is 4.90 Å². The molecule has 3 heteroatoms. The molecule has 0 aromatic carbocycles. The lowest BCUT2D eigenvalue weighted by Crippen LogP contribution is -2.35. The Bertz CT molecular complexity index is 138. The van der Waals surface area contributed by atoms with Gasteiger partial charge in [-0.15, -0.1) is 0 Å². The standard InChI is InChI=1S/C9H20N2O/c1-7(2)9(12)6-11-4-3-8(10)5-11/h7-9,12H,3-6,10H2,1-2H3. The van der Waals surface area contributed by atoms with Crippen molar-refractivity contribution in [1.82, 2.24) is 4.90 Å². The predicted octanol–water partition coefficient (Wildman–Crippen LogP) is 0.0363. The Morgan fingerprint density at radius 1 is 1.58 bits per heavy atom. The van der Waals surface area contributed by atoms with Crippen molar-refractivity contribution in [3.63, 3.8) is 0 Å². The minimum Gasteiger partial charge on any atom is -0.392 e. The van der Waals surface area contributed by atoms with Crippen LogP contribution in [0, 0.1) is 5.92 Å². The minimum absolute atomic E-state index is 0.199. The summed E-state index contributed by atoms with van der Waals surface area (Å²) < 4.78 is 0. The van der Waals surface area contributed by atoms with Gasteiger partial charge < -0.3 is 10.8 Å². The Balaban J connectivity index is 2.23. The molecule has 1 saturated heterocycles. The second kappa shape index (κ2) is 4.21. The van der Waals surface area contributed by atoms with Gasteiger partial charge in [0.2, 0.25) is 0 Å². The summed E-state index contributed by atoms with van der Waals surface area (Å²) in [6, 6.07) is 0.323. The van der Waals surface area contributed by atoms with E-state index in [4.69, 9.17) is 5.73 Å². The monoisotopic (exact) mass is 172 g/mol. The SMILES string of the molecule is CC(C)C(O)CN1CCC(N)C1. The highest BCUT2D eigenvalue weighted by atomic mass is 16.3. The van der Waals surface area contributed by atoms with Crippen LogP contribution >= 0.6 is 0 Å². The molecule has 12 heavy (non-hydrogen) atoms. The van der Waals surface area contributed by atoms with E-state index in [9.17, 15) is 5.11 Å². The number of hydrogen-bond acceptors (Lipinski definition) is 3. The molecule has 3 N–H and O–H groups in total. The average Bonchev–Trinajstić information content (AvgIpc) is 2.35. The van der Waals surface area contributed by atoms with Gasteiger partial charge in [-0.25, -0.2) is 0 Å². The minimum atomic E-state index is -0.199. The zero-order valence-electron chi connectivity index (χ0n) is 8.03. The van der Waals surface area contributed by atoms with Crippen molar-refractivity contribution in [2.75, 3.05) is 19.6 Å². The topological polar surface area (TPSA) is 49.5 Å². The molecule has 2 unspecified atom stereocenters. The van der Waals surface area contributed by atoms with Gasteiger partial charge in [0.05, 0.1) is 6.10 Å². The first-order valence-electron chi connectivity index (χ1n) is 4.75. The second-order valence-electron chi connectivity index (χ2n) is 4.12. The number of β-amino-alcohol motifs (C(OH)–C–C–N with tert-alkyl or cyclic N) is 1. The molecule has 0 aromatic heterocycles. The third-order valence-corrected chi connectivity index (χ3v) is 2.52. The maximum Gasteiger partial charge on any atom is 0.0689 e. The summed E-state index contributed by atoms with van der Waals surface area (Å²) in [5.41, 5.74) is 5.75. The van der Waals surface area contributed by atoms with Gasteiger partial charge in [-0.2, -0.15) is 0 Å². The number of nitrogens with two attached hydrogens (primary N) is 1. The first-order chi connectivity index (χ1) is 5.59. The molecule has 0 saturated carbocycles. The van der Waals surface area contributed by atoms with Crippen LogP contribution in [-0.4, -0.2) is 41.8 Å². The molecule has 1 fully saturated rings. The van der Waals surface area contributed by atoms with E-state index in [1.165, 1.54) is 0 Å². The Morgan fingerprint density at radius 3 is 2.67 bits per heavy atom. The lowest BCUT2D eigenvalue weighted by Gasteiger charge is -2.21. The lowest BCUT2D eigenvalue weighted by molar-refractivity contribution is 0.0852. The molecule has 2 atom stereocenters. The van der Waals surface area contributed by atoms with E-state index >= 15 is 0 Å². The summed E-state index contributed by atoms with van der Waals surface area (Å²) in [6.45, 7) is 6.86. The Labute approximate surface area is 74.5 Å². The van der Waals surface area contributed by atoms with Gasteiger partial charge in [0, 0.05) is 19.1 Å². The largest absolute Gasteiger partial charge is 0.392 e. The molecule has 0 aromatic rings. The van der Waals surface area contributed by atoms with Gasteiger partial charge in [-0.1, -0.05) is 13.8 Å². The van der Waals surface area contributed by atoms with Crippen molar-refractivity contribution in [2.24, 2.45) is 11.7 Å². The van der Waals surface area contributed by atoms with Crippen LogP contribution < -0.4 is 5.73 Å². The Morgan fingerprint density at radius 2 is 2.25 bits per heavy atom. The quantitative estimate of drug-likeness (QED) is 0.632. The molecule has 0 bridgehead atoms. The summed E-state index contributed by atoms with van der Waals surface area (Å²) in [4.78, 5) is 2.25. The lowest BCUT2D eigenvalue weighted by atomic mass is 10.1. The molecular formula is C9H20N2O. The smallest absolute Gasteiger partial charge is 0.0689 e. The van der Waals surface area contributed by atoms with Crippen LogP contribution in [0.25, 0.3) is 0 Å². The molecule has 72 valence electrons. The van der Waals surface area contributed by atoms with Crippen molar-refractivity contribution in [1.29, 1.82) is 0 Å². The number of nitrogens with zero attached hydrogens (tertiary/aromatic N) is 1. The van der Waals surface area contributed by atoms with Gasteiger partial charge in [0.25, 0.3) is 0 Å². The number of likely N-dealkylation sites (tertiary alicyclic amines) is 1. The van der Waals surface area contributed by atoms with E-state index in [1.54, 1.807) is 0 Å². The van der Waals surface area contributed by atoms with Crippen LogP contribution in [0.2, 0.25) is 0 Å². The zero-order chi connectivity index (χ0) is 9.14. The third-order valence-electron chi connectivity index (χ3n) is 2.52. The fourth-order valence-corrected chi connectivity index (χ4v) is 1.50. The molecule has 1 heterocycles. The normalized spacial score (nSPS) is 28.2. The summed E-state index contributed by atoms with van der Waals surface area (Å²) in [5, 5.41) is 9.59. The number of rotatable bonds is 3. The highest BCUT2D eigenvalue weighted by Crippen LogP contribution is 2.10. The van der Waals surface area contributed by atoms with Crippen LogP contribution in [0.1, 0.15) is 20.3 Å². The zero-order valence-corrected chi connectivity index (χ0v) is 8.03. The van der Waals surface area contributed by atoms with E-state index in [2.05, 4.69) is 4.90 Å². The van der Waals surface area contributed by atoms with Crippen molar-refractivity contribution < 1.29 is 5.11 Å². The van der Waals surface area contributed by atoms with Crippen LogP contribution in [-0.2, 0) is 0 Å². The Kier molecular flexibility index (Phi) is 3.50. The van der Waals surface area contributed by atoms with Crippen LogP contribution in [0.15, 0.2) is 0 Å². The van der Waals surface area contributed by atoms with Crippen molar-refractivity contribution in [3.05, 3.63) is 0 Å². The van der Waals surface area contributed by atoms with Crippen molar-refractivity contribution in [2.45, 2.75) is 32.4 Å². The molecule has 0 radical (unpaired) electrons. The number of aliphatic hydroxyl groups excluding tert-OH is 1. The van der Waals surface area contributed by atoms with E-state index in [0.717, 1.165) is 26.1 Å². The second-order valence-corrected chi connectivity index (χ2v) is 4.12. The van der Waals surface area contributed by atoms with Gasteiger partial charge in [0.15, 0.2) is 0 Å². The molecule has 0 amide bonds. The van der Waals surface area contributed by atoms with Crippen LogP contribution in [0.3, 0.4) is 0 Å². The fourth-order valence-electron chi connectivity index (χ4n) is 1.50. The molecule has 3 nitrogen and oxygen atoms in total. The van der Waals surface area contributed by atoms with Crippen molar-refractivity contribution >= 4 is 0 Å². The summed E-state index contributed by atoms with van der Waals surface area (Å²) in [6.07, 6.45) is 0.875. The maximum atomic E-state index is 9.59. The molecule has 1 aliphatic rings. The van der Waals surface area contributed by atoms with E-state index < -0.39 is 0 Å². The summed E-state index contributed by atoms with van der Waals surface area (Å²) in [5.74, 6) is 0.349. The predicted molar refractivity (Wildman–Crippen MR) is 49.9 cm³/mol. The van der Waals surface area contributed by atoms with Gasteiger partial charge >= 0.3 is 0 Å². The van der Waals surface area contributed by atoms with Crippen LogP contribution in [0.5, 0.6) is 0 Å². The summed E-state index contributed by atoms with van der Waals surface area (Å²) >= 11 is 0. The third kappa shape index (κ3) is 2.73. The molecule has 0 spiro atoms. The highest BCUT2D eigenvalue weighted by Gasteiger charge is 2.22. The first kappa shape index (κ1) is 9.96. The van der Waals surface area contributed by atoms with Gasteiger partial charge in [0.1, 0.15) is 0 Å². The number of hydrogen-bond donors (Lipinski definition) is 2. The van der Waals surface area contributed by atoms with E-state index in [0.29, 0.717) is 12.0 Å². The molecule has 1 aliphatic heterocycles. The first-order valence-corrected chi connectivity index (χ1v) is 4.75. The van der Waals surface area contributed by atoms with Crippen LogP contribution in [0.4, 0.5) is 0 Å². The highest BCUT2D eigenvalue weighted by molar-refractivity contribution is 4.79. The molecule has 1 rings (SSSR count). The molecule has 0 aliphatic carbocycles. The number of aliphatic hydroxyl groups is 1. The Hall–Kier alpha value is -0.120. The van der Waals surface area contributed by atoms with E-state index in [-0.39, 0.29) is 6.10 Å². The van der Waals surface area contributed by atoms with E-state index in [1.807, 2.05) is 13.8 Å². The molecular weight excluding hydrogens is 152 g/mol. The fraction of sp³-hybridized carbons (Fsp3) is 1.00. The average molecular weight is 172 g/mol. The maximum absolute atomic E-state index is 9.59. The summed E-state index contributed by atoms with van der Waals surface area (Å²) in [7, 11) is 0. The van der Waals surface area contributed by atoms with Crippen molar-refractivity contribution in [3.8, 4) is 0 Å². The van der Waals surface area contributed by atoms with Gasteiger partial charge in [-0.05, 0) is 18.9 Å².